The zero-order valence-electron chi connectivity index (χ0n) is 9.74. The maximum Gasteiger partial charge on any atom is 0.124 e. The van der Waals surface area contributed by atoms with Crippen LogP contribution in [-0.2, 0) is 0 Å². The molecule has 96 valence electrons. The van der Waals surface area contributed by atoms with Crippen molar-refractivity contribution in [1.29, 1.82) is 0 Å². The van der Waals surface area contributed by atoms with Crippen molar-refractivity contribution in [3.8, 4) is 0 Å². The Morgan fingerprint density at radius 2 is 1.89 bits per heavy atom. The Bertz CT molecular complexity index is 738. The highest BCUT2D eigenvalue weighted by Gasteiger charge is 2.17. The number of halogens is 3. The molecule has 0 nitrogen and oxygen atoms in total. The Morgan fingerprint density at radius 3 is 2.68 bits per heavy atom. The fraction of sp³-hybridized carbons (Fsp3) is 0.0667. The molecule has 0 N–H and O–H groups in total. The van der Waals surface area contributed by atoms with Gasteiger partial charge < -0.3 is 0 Å². The number of rotatable bonds is 2. The van der Waals surface area contributed by atoms with Crippen LogP contribution in [0.1, 0.15) is 16.0 Å². The van der Waals surface area contributed by atoms with E-state index in [1.165, 1.54) is 22.2 Å². The highest BCUT2D eigenvalue weighted by atomic mass is 79.9. The average molecular weight is 356 g/mol. The number of alkyl halides is 1. The summed E-state index contributed by atoms with van der Waals surface area (Å²) in [6, 6.07) is 12.7. The molecule has 2 aromatic carbocycles. The molecule has 0 aliphatic carbocycles. The second-order valence-electron chi connectivity index (χ2n) is 4.22. The van der Waals surface area contributed by atoms with Crippen molar-refractivity contribution < 1.29 is 4.39 Å². The minimum atomic E-state index is -0.316. The van der Waals surface area contributed by atoms with Gasteiger partial charge in [0.05, 0.1) is 4.83 Å². The smallest absolute Gasteiger partial charge is 0.124 e. The predicted octanol–water partition coefficient (Wildman–Crippen LogP) is 6.18. The van der Waals surface area contributed by atoms with Crippen LogP contribution in [-0.4, -0.2) is 0 Å². The van der Waals surface area contributed by atoms with Gasteiger partial charge in [0.25, 0.3) is 0 Å². The van der Waals surface area contributed by atoms with Gasteiger partial charge in [0.15, 0.2) is 0 Å². The maximum absolute atomic E-state index is 13.1. The first kappa shape index (κ1) is 13.1. The van der Waals surface area contributed by atoms with Crippen molar-refractivity contribution in [1.82, 2.24) is 0 Å². The second kappa shape index (κ2) is 5.23. The fourth-order valence-corrected chi connectivity index (χ4v) is 4.42. The summed E-state index contributed by atoms with van der Waals surface area (Å²) < 4.78 is 14.3. The molecule has 3 rings (SSSR count). The molecule has 1 atom stereocenters. The SMILES string of the molecule is Fc1ccc(C(Br)c2csc3ccccc23)c(Cl)c1. The summed E-state index contributed by atoms with van der Waals surface area (Å²) in [6.45, 7) is 0. The summed E-state index contributed by atoms with van der Waals surface area (Å²) in [6.07, 6.45) is 0. The number of benzene rings is 2. The summed E-state index contributed by atoms with van der Waals surface area (Å²) in [4.78, 5) is -0.0308. The van der Waals surface area contributed by atoms with Crippen LogP contribution < -0.4 is 0 Å². The molecule has 0 radical (unpaired) electrons. The van der Waals surface area contributed by atoms with Crippen molar-refractivity contribution in [2.24, 2.45) is 0 Å². The van der Waals surface area contributed by atoms with Gasteiger partial charge in [-0.05, 0) is 40.1 Å². The van der Waals surface area contributed by atoms with E-state index < -0.39 is 0 Å². The van der Waals surface area contributed by atoms with E-state index in [1.54, 1.807) is 17.4 Å². The van der Waals surface area contributed by atoms with Gasteiger partial charge in [0, 0.05) is 9.72 Å². The average Bonchev–Trinajstić information content (AvgIpc) is 2.82. The monoisotopic (exact) mass is 354 g/mol. The summed E-state index contributed by atoms with van der Waals surface area (Å²) in [7, 11) is 0. The molecule has 1 unspecified atom stereocenters. The molecule has 19 heavy (non-hydrogen) atoms. The van der Waals surface area contributed by atoms with Gasteiger partial charge in [-0.1, -0.05) is 51.8 Å². The third kappa shape index (κ3) is 2.42. The molecule has 4 heteroatoms. The Morgan fingerprint density at radius 1 is 1.11 bits per heavy atom. The topological polar surface area (TPSA) is 0 Å². The lowest BCUT2D eigenvalue weighted by Gasteiger charge is -2.11. The predicted molar refractivity (Wildman–Crippen MR) is 84.0 cm³/mol. The first-order chi connectivity index (χ1) is 9.16. The van der Waals surface area contributed by atoms with Gasteiger partial charge in [-0.15, -0.1) is 11.3 Å². The number of fused-ring (bicyclic) bond motifs is 1. The quantitative estimate of drug-likeness (QED) is 0.482. The molecule has 0 aliphatic rings. The second-order valence-corrected chi connectivity index (χ2v) is 6.45. The first-order valence-electron chi connectivity index (χ1n) is 5.72. The van der Waals surface area contributed by atoms with Gasteiger partial charge in [0.1, 0.15) is 5.82 Å². The van der Waals surface area contributed by atoms with E-state index in [1.807, 2.05) is 12.1 Å². The third-order valence-corrected chi connectivity index (χ3v) is 5.32. The Kier molecular flexibility index (Phi) is 3.61. The number of hydrogen-bond donors (Lipinski definition) is 0. The van der Waals surface area contributed by atoms with Crippen LogP contribution in [0.4, 0.5) is 4.39 Å². The minimum Gasteiger partial charge on any atom is -0.207 e. The molecule has 0 spiro atoms. The summed E-state index contributed by atoms with van der Waals surface area (Å²) in [5, 5.41) is 3.76. The van der Waals surface area contributed by atoms with E-state index in [9.17, 15) is 4.39 Å². The summed E-state index contributed by atoms with van der Waals surface area (Å²) in [5.74, 6) is -0.316. The fourth-order valence-electron chi connectivity index (χ4n) is 2.07. The lowest BCUT2D eigenvalue weighted by Crippen LogP contribution is -1.93. The van der Waals surface area contributed by atoms with E-state index in [0.717, 1.165) is 11.1 Å². The zero-order valence-corrected chi connectivity index (χ0v) is 12.9. The largest absolute Gasteiger partial charge is 0.207 e. The third-order valence-electron chi connectivity index (χ3n) is 3.02. The maximum atomic E-state index is 13.1. The van der Waals surface area contributed by atoms with Gasteiger partial charge >= 0.3 is 0 Å². The van der Waals surface area contributed by atoms with Gasteiger partial charge in [-0.25, -0.2) is 4.39 Å². The van der Waals surface area contributed by atoms with Crippen molar-refractivity contribution in [3.63, 3.8) is 0 Å². The Hall–Kier alpha value is -0.900. The van der Waals surface area contributed by atoms with Crippen molar-refractivity contribution in [3.05, 3.63) is 69.8 Å². The molecule has 0 saturated carbocycles. The molecule has 1 heterocycles. The van der Waals surface area contributed by atoms with Crippen LogP contribution in [0.5, 0.6) is 0 Å². The summed E-state index contributed by atoms with van der Waals surface area (Å²) in [5.41, 5.74) is 2.04. The number of hydrogen-bond acceptors (Lipinski definition) is 1. The molecule has 0 aliphatic heterocycles. The highest BCUT2D eigenvalue weighted by Crippen LogP contribution is 2.40. The van der Waals surface area contributed by atoms with E-state index in [4.69, 9.17) is 11.6 Å². The molecule has 0 saturated heterocycles. The van der Waals surface area contributed by atoms with Crippen LogP contribution in [0.3, 0.4) is 0 Å². The van der Waals surface area contributed by atoms with E-state index in [0.29, 0.717) is 5.02 Å². The van der Waals surface area contributed by atoms with E-state index in [-0.39, 0.29) is 10.6 Å². The molecule has 3 aromatic rings. The Labute approximate surface area is 128 Å². The Balaban J connectivity index is 2.10. The molecule has 0 amide bonds. The molecular formula is C15H9BrClFS. The van der Waals surface area contributed by atoms with E-state index >= 15 is 0 Å². The standard InChI is InChI=1S/C15H9BrClFS/c16-15(11-6-5-9(18)7-13(11)17)12-8-19-14-4-2-1-3-10(12)14/h1-8,15H. The van der Waals surface area contributed by atoms with Crippen LogP contribution in [0.15, 0.2) is 47.8 Å². The highest BCUT2D eigenvalue weighted by molar-refractivity contribution is 9.09. The van der Waals surface area contributed by atoms with Crippen LogP contribution in [0, 0.1) is 5.82 Å². The van der Waals surface area contributed by atoms with Crippen LogP contribution in [0.2, 0.25) is 5.02 Å². The molecular weight excluding hydrogens is 347 g/mol. The van der Waals surface area contributed by atoms with Gasteiger partial charge in [-0.3, -0.25) is 0 Å². The first-order valence-corrected chi connectivity index (χ1v) is 7.89. The summed E-state index contributed by atoms with van der Waals surface area (Å²) >= 11 is 11.5. The zero-order chi connectivity index (χ0) is 13.4. The van der Waals surface area contributed by atoms with Crippen LogP contribution >= 0.6 is 38.9 Å². The van der Waals surface area contributed by atoms with Crippen molar-refractivity contribution in [2.75, 3.05) is 0 Å². The molecule has 1 aromatic heterocycles. The number of thiophene rings is 1. The lowest BCUT2D eigenvalue weighted by molar-refractivity contribution is 0.627. The van der Waals surface area contributed by atoms with Crippen molar-refractivity contribution in [2.45, 2.75) is 4.83 Å². The lowest BCUT2D eigenvalue weighted by atomic mass is 10.0. The minimum absolute atomic E-state index is 0.0308. The molecule has 0 fully saturated rings. The molecule has 0 bridgehead atoms. The normalized spacial score (nSPS) is 12.8. The van der Waals surface area contributed by atoms with Gasteiger partial charge in [-0.2, -0.15) is 0 Å². The van der Waals surface area contributed by atoms with E-state index in [2.05, 4.69) is 33.4 Å². The van der Waals surface area contributed by atoms with Gasteiger partial charge in [0.2, 0.25) is 0 Å². The van der Waals surface area contributed by atoms with Crippen molar-refractivity contribution >= 4 is 49.0 Å². The van der Waals surface area contributed by atoms with Crippen LogP contribution in [0.25, 0.3) is 10.1 Å².